The van der Waals surface area contributed by atoms with Crippen molar-refractivity contribution in [2.75, 3.05) is 0 Å². The molecule has 0 N–H and O–H groups in total. The number of hydrogen-bond donors (Lipinski definition) is 0. The van der Waals surface area contributed by atoms with Crippen LogP contribution in [-0.4, -0.2) is 19.0 Å². The average molecular weight is 286 g/mol. The third kappa shape index (κ3) is 1.27. The van der Waals surface area contributed by atoms with Crippen molar-refractivity contribution in [3.8, 4) is 0 Å². The molecule has 0 spiro atoms. The number of para-hydroxylation sites is 1. The molecule has 5 rings (SSSR count). The van der Waals surface area contributed by atoms with Crippen LogP contribution >= 0.6 is 0 Å². The van der Waals surface area contributed by atoms with Gasteiger partial charge < -0.3 is 0 Å². The van der Waals surface area contributed by atoms with Crippen LogP contribution in [0.4, 0.5) is 0 Å². The number of hydrogen-bond acceptors (Lipinski definition) is 2. The summed E-state index contributed by atoms with van der Waals surface area (Å²) in [5, 5.41) is 7.20. The molecule has 0 unspecified atom stereocenters. The van der Waals surface area contributed by atoms with Crippen molar-refractivity contribution in [1.82, 2.24) is 19.0 Å². The van der Waals surface area contributed by atoms with Gasteiger partial charge in [0.25, 0.3) is 0 Å². The monoisotopic (exact) mass is 286 g/mol. The lowest BCUT2D eigenvalue weighted by Gasteiger charge is -2.07. The fourth-order valence-corrected chi connectivity index (χ4v) is 3.51. The van der Waals surface area contributed by atoms with E-state index < -0.39 is 0 Å². The summed E-state index contributed by atoms with van der Waals surface area (Å²) in [6.45, 7) is 4.09. The molecule has 0 saturated carbocycles. The number of imidazole rings is 1. The zero-order valence-electron chi connectivity index (χ0n) is 12.4. The van der Waals surface area contributed by atoms with Crippen LogP contribution in [0.5, 0.6) is 0 Å². The fourth-order valence-electron chi connectivity index (χ4n) is 3.51. The van der Waals surface area contributed by atoms with Gasteiger partial charge in [0, 0.05) is 10.8 Å². The first kappa shape index (κ1) is 11.7. The Bertz CT molecular complexity index is 1190. The molecule has 0 amide bonds. The molecule has 22 heavy (non-hydrogen) atoms. The quantitative estimate of drug-likeness (QED) is 0.432. The van der Waals surface area contributed by atoms with Crippen molar-refractivity contribution in [3.63, 3.8) is 0 Å². The van der Waals surface area contributed by atoms with E-state index in [-0.39, 0.29) is 0 Å². The van der Waals surface area contributed by atoms with Crippen LogP contribution in [0.2, 0.25) is 0 Å². The maximum Gasteiger partial charge on any atom is 0.162 e. The van der Waals surface area contributed by atoms with Crippen LogP contribution in [0.1, 0.15) is 11.5 Å². The van der Waals surface area contributed by atoms with Gasteiger partial charge in [-0.3, -0.25) is 4.40 Å². The summed E-state index contributed by atoms with van der Waals surface area (Å²) in [5.74, 6) is 0.991. The van der Waals surface area contributed by atoms with Gasteiger partial charge in [-0.25, -0.2) is 9.50 Å². The van der Waals surface area contributed by atoms with E-state index in [1.54, 1.807) is 0 Å². The second-order valence-electron chi connectivity index (χ2n) is 5.70. The highest BCUT2D eigenvalue weighted by Gasteiger charge is 2.17. The molecular formula is C18H14N4. The number of aromatic nitrogens is 4. The maximum atomic E-state index is 4.82. The van der Waals surface area contributed by atoms with Gasteiger partial charge in [0.2, 0.25) is 0 Å². The van der Waals surface area contributed by atoms with Crippen molar-refractivity contribution in [2.45, 2.75) is 13.8 Å². The van der Waals surface area contributed by atoms with Crippen LogP contribution in [-0.2, 0) is 0 Å². The Morgan fingerprint density at radius 3 is 2.45 bits per heavy atom. The molecule has 0 bridgehead atoms. The van der Waals surface area contributed by atoms with E-state index in [2.05, 4.69) is 51.8 Å². The molecule has 4 heteroatoms. The third-order valence-electron chi connectivity index (χ3n) is 4.37. The standard InChI is InChI=1S/C18H14N4/c1-11-18-21(12(2)19-11)16-10-6-4-8-14(16)17-13-7-3-5-9-15(13)20-22(17)18/h3-10H,1-2H3. The van der Waals surface area contributed by atoms with Crippen molar-refractivity contribution in [3.05, 3.63) is 60.0 Å². The molecule has 5 aromatic rings. The van der Waals surface area contributed by atoms with Gasteiger partial charge in [-0.15, -0.1) is 0 Å². The Labute approximate surface area is 126 Å². The first-order valence-electron chi connectivity index (χ1n) is 7.39. The lowest BCUT2D eigenvalue weighted by Crippen LogP contribution is -1.99. The maximum absolute atomic E-state index is 4.82. The Hall–Kier alpha value is -2.88. The zero-order valence-corrected chi connectivity index (χ0v) is 12.4. The summed E-state index contributed by atoms with van der Waals surface area (Å²) in [5.41, 5.74) is 5.39. The average Bonchev–Trinajstić information content (AvgIpc) is 3.05. The predicted octanol–water partition coefficient (Wildman–Crippen LogP) is 3.91. The summed E-state index contributed by atoms with van der Waals surface area (Å²) < 4.78 is 4.24. The first-order chi connectivity index (χ1) is 10.8. The molecular weight excluding hydrogens is 272 g/mol. The van der Waals surface area contributed by atoms with Gasteiger partial charge in [0.05, 0.1) is 22.2 Å². The molecule has 2 aromatic carbocycles. The number of nitrogens with zero attached hydrogens (tertiary/aromatic N) is 4. The normalized spacial score (nSPS) is 12.1. The molecule has 106 valence electrons. The van der Waals surface area contributed by atoms with Crippen LogP contribution in [0, 0.1) is 13.8 Å². The molecule has 0 radical (unpaired) electrons. The molecule has 0 saturated heterocycles. The summed E-state index contributed by atoms with van der Waals surface area (Å²) in [4.78, 5) is 4.66. The molecule has 4 nitrogen and oxygen atoms in total. The Morgan fingerprint density at radius 1 is 0.864 bits per heavy atom. The molecule has 0 aliphatic rings. The summed E-state index contributed by atoms with van der Waals surface area (Å²) in [6.07, 6.45) is 0. The number of fused-ring (bicyclic) bond motifs is 8. The van der Waals surface area contributed by atoms with E-state index in [0.29, 0.717) is 0 Å². The van der Waals surface area contributed by atoms with Crippen molar-refractivity contribution >= 4 is 33.0 Å². The molecule has 0 aliphatic heterocycles. The molecule has 3 heterocycles. The summed E-state index contributed by atoms with van der Waals surface area (Å²) >= 11 is 0. The number of aryl methyl sites for hydroxylation is 2. The van der Waals surface area contributed by atoms with Crippen LogP contribution in [0.15, 0.2) is 48.5 Å². The van der Waals surface area contributed by atoms with Gasteiger partial charge in [0.1, 0.15) is 5.82 Å². The largest absolute Gasteiger partial charge is 0.280 e. The van der Waals surface area contributed by atoms with E-state index in [4.69, 9.17) is 5.10 Å². The first-order valence-corrected chi connectivity index (χ1v) is 7.39. The highest BCUT2D eigenvalue weighted by molar-refractivity contribution is 6.09. The van der Waals surface area contributed by atoms with Crippen molar-refractivity contribution in [2.24, 2.45) is 0 Å². The van der Waals surface area contributed by atoms with Gasteiger partial charge >= 0.3 is 0 Å². The van der Waals surface area contributed by atoms with Crippen LogP contribution in [0.25, 0.3) is 33.0 Å². The number of rotatable bonds is 0. The van der Waals surface area contributed by atoms with Gasteiger partial charge in [-0.05, 0) is 26.0 Å². The minimum atomic E-state index is 0.991. The molecule has 0 atom stereocenters. The Balaban J connectivity index is 2.27. The molecule has 0 aliphatic carbocycles. The van der Waals surface area contributed by atoms with E-state index in [1.165, 1.54) is 16.3 Å². The van der Waals surface area contributed by atoms with Gasteiger partial charge in [-0.2, -0.15) is 5.10 Å². The Morgan fingerprint density at radius 2 is 1.59 bits per heavy atom. The lowest BCUT2D eigenvalue weighted by molar-refractivity contribution is 0.970. The van der Waals surface area contributed by atoms with E-state index in [9.17, 15) is 0 Å². The minimum absolute atomic E-state index is 0.991. The minimum Gasteiger partial charge on any atom is -0.280 e. The summed E-state index contributed by atoms with van der Waals surface area (Å²) in [6, 6.07) is 16.8. The lowest BCUT2D eigenvalue weighted by atomic mass is 10.1. The van der Waals surface area contributed by atoms with Gasteiger partial charge in [-0.1, -0.05) is 36.4 Å². The zero-order chi connectivity index (χ0) is 14.8. The predicted molar refractivity (Wildman–Crippen MR) is 88.4 cm³/mol. The second-order valence-corrected chi connectivity index (χ2v) is 5.70. The SMILES string of the molecule is Cc1nc(C)n2c3ccccc3c3c4ccccc4nn3c12. The Kier molecular flexibility index (Phi) is 2.06. The molecule has 3 aromatic heterocycles. The van der Waals surface area contributed by atoms with Crippen molar-refractivity contribution in [1.29, 1.82) is 0 Å². The van der Waals surface area contributed by atoms with E-state index in [1.807, 2.05) is 24.4 Å². The highest BCUT2D eigenvalue weighted by atomic mass is 15.3. The van der Waals surface area contributed by atoms with E-state index in [0.717, 1.165) is 28.2 Å². The van der Waals surface area contributed by atoms with Crippen molar-refractivity contribution < 1.29 is 0 Å². The second kappa shape index (κ2) is 3.85. The topological polar surface area (TPSA) is 34.6 Å². The van der Waals surface area contributed by atoms with Gasteiger partial charge in [0.15, 0.2) is 5.65 Å². The van der Waals surface area contributed by atoms with E-state index >= 15 is 0 Å². The van der Waals surface area contributed by atoms with Crippen LogP contribution in [0.3, 0.4) is 0 Å². The van der Waals surface area contributed by atoms with Crippen LogP contribution < -0.4 is 0 Å². The highest BCUT2D eigenvalue weighted by Crippen LogP contribution is 2.30. The third-order valence-corrected chi connectivity index (χ3v) is 4.37. The smallest absolute Gasteiger partial charge is 0.162 e. The fraction of sp³-hybridized carbons (Fsp3) is 0.111. The summed E-state index contributed by atoms with van der Waals surface area (Å²) in [7, 11) is 0. The number of benzene rings is 2. The molecule has 0 fully saturated rings.